The zero-order chi connectivity index (χ0) is 18.0. The molecule has 0 bridgehead atoms. The number of nitrogens with zero attached hydrogens (tertiary/aromatic N) is 1. The smallest absolute Gasteiger partial charge is 0.376 e. The summed E-state index contributed by atoms with van der Waals surface area (Å²) in [7, 11) is -3.53. The van der Waals surface area contributed by atoms with Gasteiger partial charge in [0.1, 0.15) is 5.75 Å². The number of halogens is 3. The van der Waals surface area contributed by atoms with Gasteiger partial charge in [-0.3, -0.25) is 0 Å². The zero-order valence-electron chi connectivity index (χ0n) is 13.6. The second-order valence-electron chi connectivity index (χ2n) is 7.21. The number of hydrogen-bond donors (Lipinski definition) is 0. The SMILES string of the molecule is CN1C[C@H]2CC=C3c4ccc(OS(=O)(=O)C(F)(F)F)cc4CC[C@@]32C1. The molecule has 1 saturated heterocycles. The van der Waals surface area contributed by atoms with E-state index >= 15 is 0 Å². The van der Waals surface area contributed by atoms with Crippen molar-refractivity contribution in [1.29, 1.82) is 0 Å². The molecule has 0 unspecified atom stereocenters. The number of benzene rings is 1. The monoisotopic (exact) mass is 373 g/mol. The fraction of sp³-hybridized carbons (Fsp3) is 0.529. The summed E-state index contributed by atoms with van der Waals surface area (Å²) in [5.41, 5.74) is -2.18. The van der Waals surface area contributed by atoms with Crippen LogP contribution in [0, 0.1) is 11.3 Å². The number of hydrogen-bond acceptors (Lipinski definition) is 4. The highest BCUT2D eigenvalue weighted by Crippen LogP contribution is 2.58. The number of aryl methyl sites for hydroxylation is 1. The first-order valence-electron chi connectivity index (χ1n) is 8.16. The normalized spacial score (nSPS) is 29.0. The third-order valence-electron chi connectivity index (χ3n) is 5.71. The molecule has 8 heteroatoms. The standard InChI is InChI=1S/C17H18F3NO3S/c1-21-9-12-2-5-15-14-4-3-13(24-25(22,23)17(18,19)20)8-11(14)6-7-16(12,15)10-21/h3-5,8,12H,2,6-7,9-10H2,1H3/t12-,16+/m1/s1. The van der Waals surface area contributed by atoms with Crippen LogP contribution in [0.4, 0.5) is 13.2 Å². The molecule has 1 spiro atoms. The summed E-state index contributed by atoms with van der Waals surface area (Å²) in [5, 5.41) is 0. The Bertz CT molecular complexity index is 862. The predicted octanol–water partition coefficient (Wildman–Crippen LogP) is 3.20. The number of allylic oxidation sites excluding steroid dienone is 1. The molecule has 1 heterocycles. The Morgan fingerprint density at radius 2 is 2.08 bits per heavy atom. The third-order valence-corrected chi connectivity index (χ3v) is 6.68. The van der Waals surface area contributed by atoms with Crippen LogP contribution in [-0.4, -0.2) is 39.0 Å². The van der Waals surface area contributed by atoms with Crippen molar-refractivity contribution in [2.24, 2.45) is 11.3 Å². The highest BCUT2D eigenvalue weighted by Gasteiger charge is 2.52. The Balaban J connectivity index is 1.66. The first kappa shape index (κ1) is 16.9. The summed E-state index contributed by atoms with van der Waals surface area (Å²) in [5.74, 6) is 0.299. The van der Waals surface area contributed by atoms with E-state index in [1.54, 1.807) is 6.07 Å². The van der Waals surface area contributed by atoms with E-state index < -0.39 is 15.6 Å². The molecule has 0 saturated carbocycles. The van der Waals surface area contributed by atoms with Gasteiger partial charge in [0.15, 0.2) is 0 Å². The van der Waals surface area contributed by atoms with E-state index in [0.29, 0.717) is 12.3 Å². The lowest BCUT2D eigenvalue weighted by Crippen LogP contribution is -2.32. The molecule has 2 atom stereocenters. The Kier molecular flexibility index (Phi) is 3.54. The average Bonchev–Trinajstić information content (AvgIpc) is 2.98. The molecule has 0 aromatic heterocycles. The van der Waals surface area contributed by atoms with E-state index in [2.05, 4.69) is 22.2 Å². The summed E-state index contributed by atoms with van der Waals surface area (Å²) in [6.07, 6.45) is 4.89. The van der Waals surface area contributed by atoms with Crippen LogP contribution >= 0.6 is 0 Å². The largest absolute Gasteiger partial charge is 0.534 e. The minimum Gasteiger partial charge on any atom is -0.376 e. The van der Waals surface area contributed by atoms with Crippen molar-refractivity contribution < 1.29 is 25.8 Å². The molecule has 1 aromatic carbocycles. The molecule has 0 N–H and O–H groups in total. The summed E-state index contributed by atoms with van der Waals surface area (Å²) in [6, 6.07) is 4.44. The third kappa shape index (κ3) is 2.49. The van der Waals surface area contributed by atoms with Crippen LogP contribution in [0.1, 0.15) is 24.0 Å². The molecule has 1 aromatic rings. The van der Waals surface area contributed by atoms with Gasteiger partial charge in [0.25, 0.3) is 0 Å². The van der Waals surface area contributed by atoms with Gasteiger partial charge in [-0.25, -0.2) is 0 Å². The highest BCUT2D eigenvalue weighted by atomic mass is 32.2. The fourth-order valence-electron chi connectivity index (χ4n) is 4.71. The van der Waals surface area contributed by atoms with E-state index in [0.717, 1.165) is 37.1 Å². The Morgan fingerprint density at radius 3 is 2.80 bits per heavy atom. The minimum absolute atomic E-state index is 0.127. The van der Waals surface area contributed by atoms with Crippen molar-refractivity contribution in [3.8, 4) is 5.75 Å². The first-order valence-corrected chi connectivity index (χ1v) is 9.56. The van der Waals surface area contributed by atoms with Gasteiger partial charge in [0.05, 0.1) is 0 Å². The second-order valence-corrected chi connectivity index (χ2v) is 8.74. The molecule has 1 fully saturated rings. The van der Waals surface area contributed by atoms with Crippen molar-refractivity contribution in [1.82, 2.24) is 4.90 Å². The van der Waals surface area contributed by atoms with Gasteiger partial charge >= 0.3 is 15.6 Å². The lowest BCUT2D eigenvalue weighted by molar-refractivity contribution is -0.0500. The van der Waals surface area contributed by atoms with E-state index in [9.17, 15) is 21.6 Å². The van der Waals surface area contributed by atoms with Gasteiger partial charge in [-0.2, -0.15) is 21.6 Å². The van der Waals surface area contributed by atoms with Crippen molar-refractivity contribution in [3.63, 3.8) is 0 Å². The van der Waals surface area contributed by atoms with Gasteiger partial charge in [-0.05, 0) is 61.1 Å². The van der Waals surface area contributed by atoms with E-state index in [1.807, 2.05) is 0 Å². The topological polar surface area (TPSA) is 46.6 Å². The number of rotatable bonds is 2. The Labute approximate surface area is 144 Å². The summed E-state index contributed by atoms with van der Waals surface area (Å²) < 4.78 is 64.1. The van der Waals surface area contributed by atoms with E-state index in [1.165, 1.54) is 17.7 Å². The summed E-state index contributed by atoms with van der Waals surface area (Å²) in [4.78, 5) is 2.33. The quantitative estimate of drug-likeness (QED) is 0.590. The maximum atomic E-state index is 12.5. The van der Waals surface area contributed by atoms with Crippen LogP contribution in [0.15, 0.2) is 24.3 Å². The van der Waals surface area contributed by atoms with Gasteiger partial charge in [-0.1, -0.05) is 12.1 Å². The molecule has 4 rings (SSSR count). The van der Waals surface area contributed by atoms with Gasteiger partial charge < -0.3 is 9.08 Å². The number of fused-ring (bicyclic) bond motifs is 2. The van der Waals surface area contributed by atoms with Crippen molar-refractivity contribution in [2.75, 3.05) is 20.1 Å². The van der Waals surface area contributed by atoms with E-state index in [4.69, 9.17) is 0 Å². The van der Waals surface area contributed by atoms with Crippen LogP contribution in [0.5, 0.6) is 5.75 Å². The molecular formula is C17H18F3NO3S. The van der Waals surface area contributed by atoms with Crippen molar-refractivity contribution in [2.45, 2.75) is 24.8 Å². The second kappa shape index (κ2) is 5.23. The lowest BCUT2D eigenvalue weighted by atomic mass is 9.66. The molecule has 136 valence electrons. The Morgan fingerprint density at radius 1 is 1.32 bits per heavy atom. The minimum atomic E-state index is -5.64. The molecule has 25 heavy (non-hydrogen) atoms. The molecule has 1 aliphatic heterocycles. The summed E-state index contributed by atoms with van der Waals surface area (Å²) >= 11 is 0. The highest BCUT2D eigenvalue weighted by molar-refractivity contribution is 7.88. The number of likely N-dealkylation sites (tertiary alicyclic amines) is 1. The van der Waals surface area contributed by atoms with Crippen LogP contribution in [0.2, 0.25) is 0 Å². The molecule has 4 nitrogen and oxygen atoms in total. The molecule has 0 amide bonds. The maximum absolute atomic E-state index is 12.5. The van der Waals surface area contributed by atoms with Gasteiger partial charge in [-0.15, -0.1) is 0 Å². The maximum Gasteiger partial charge on any atom is 0.534 e. The summed E-state index contributed by atoms with van der Waals surface area (Å²) in [6.45, 7) is 2.05. The van der Waals surface area contributed by atoms with Gasteiger partial charge in [0, 0.05) is 18.5 Å². The predicted molar refractivity (Wildman–Crippen MR) is 86.4 cm³/mol. The molecule has 0 radical (unpaired) electrons. The molecule has 3 aliphatic rings. The average molecular weight is 373 g/mol. The zero-order valence-corrected chi connectivity index (χ0v) is 14.5. The van der Waals surface area contributed by atoms with E-state index in [-0.39, 0.29) is 11.2 Å². The van der Waals surface area contributed by atoms with Gasteiger partial charge in [0.2, 0.25) is 0 Å². The van der Waals surface area contributed by atoms with Crippen molar-refractivity contribution >= 4 is 15.7 Å². The number of alkyl halides is 3. The van der Waals surface area contributed by atoms with Crippen molar-refractivity contribution in [3.05, 3.63) is 35.4 Å². The molecular weight excluding hydrogens is 355 g/mol. The van der Waals surface area contributed by atoms with Crippen LogP contribution < -0.4 is 4.18 Å². The van der Waals surface area contributed by atoms with Crippen LogP contribution in [0.3, 0.4) is 0 Å². The molecule has 2 aliphatic carbocycles. The first-order chi connectivity index (χ1) is 11.6. The fourth-order valence-corrected chi connectivity index (χ4v) is 5.17. The lowest BCUT2D eigenvalue weighted by Gasteiger charge is -2.38. The Hall–Kier alpha value is -1.54. The van der Waals surface area contributed by atoms with Crippen LogP contribution in [-0.2, 0) is 16.5 Å². The van der Waals surface area contributed by atoms with Crippen LogP contribution in [0.25, 0.3) is 5.57 Å².